The molecule has 0 aromatic heterocycles. The van der Waals surface area contributed by atoms with Gasteiger partial charge in [-0.25, -0.2) is 4.39 Å². The number of halogens is 1. The van der Waals surface area contributed by atoms with E-state index in [0.29, 0.717) is 0 Å². The van der Waals surface area contributed by atoms with Crippen molar-refractivity contribution in [1.82, 2.24) is 0 Å². The Kier molecular flexibility index (Phi) is 3.83. The van der Waals surface area contributed by atoms with Crippen LogP contribution < -0.4 is 11.5 Å². The van der Waals surface area contributed by atoms with Crippen LogP contribution in [0, 0.1) is 5.92 Å². The molecule has 0 unspecified atom stereocenters. The van der Waals surface area contributed by atoms with Crippen LogP contribution in [0.25, 0.3) is 0 Å². The Morgan fingerprint density at radius 3 is 2.50 bits per heavy atom. The lowest BCUT2D eigenvalue weighted by atomic mass is 9.89. The van der Waals surface area contributed by atoms with Gasteiger partial charge in [-0.1, -0.05) is 13.8 Å². The molecule has 1 fully saturated rings. The summed E-state index contributed by atoms with van der Waals surface area (Å²) in [5, 5.41) is 9.45. The minimum absolute atomic E-state index is 0.109. The first kappa shape index (κ1) is 11.8. The number of hydrogen-bond acceptors (Lipinski definition) is 4. The summed E-state index contributed by atoms with van der Waals surface area (Å²) >= 11 is 0. The van der Waals surface area contributed by atoms with Gasteiger partial charge in [0, 0.05) is 6.54 Å². The fourth-order valence-electron chi connectivity index (χ4n) is 1.78. The van der Waals surface area contributed by atoms with E-state index in [-0.39, 0.29) is 18.6 Å². The maximum absolute atomic E-state index is 13.5. The average molecular weight is 206 g/mol. The van der Waals surface area contributed by atoms with E-state index in [1.165, 1.54) is 0 Å². The Morgan fingerprint density at radius 2 is 2.07 bits per heavy atom. The van der Waals surface area contributed by atoms with Crippen LogP contribution in [0.4, 0.5) is 4.39 Å². The van der Waals surface area contributed by atoms with E-state index in [0.717, 1.165) is 0 Å². The summed E-state index contributed by atoms with van der Waals surface area (Å²) in [6.07, 6.45) is -3.67. The van der Waals surface area contributed by atoms with Gasteiger partial charge in [0.05, 0.1) is 18.2 Å². The number of ether oxygens (including phenoxy) is 1. The quantitative estimate of drug-likeness (QED) is 0.563. The minimum atomic E-state index is -1.45. The zero-order valence-electron chi connectivity index (χ0n) is 8.56. The first-order valence-electron chi connectivity index (χ1n) is 4.92. The van der Waals surface area contributed by atoms with Gasteiger partial charge in [-0.2, -0.15) is 0 Å². The highest BCUT2D eigenvalue weighted by Gasteiger charge is 2.44. The lowest BCUT2D eigenvalue weighted by Gasteiger charge is -2.41. The van der Waals surface area contributed by atoms with E-state index in [4.69, 9.17) is 16.2 Å². The zero-order chi connectivity index (χ0) is 10.9. The summed E-state index contributed by atoms with van der Waals surface area (Å²) in [4.78, 5) is 0. The molecule has 0 aliphatic carbocycles. The van der Waals surface area contributed by atoms with Crippen LogP contribution >= 0.6 is 0 Å². The fraction of sp³-hybridized carbons (Fsp3) is 1.00. The van der Waals surface area contributed by atoms with Gasteiger partial charge >= 0.3 is 0 Å². The molecule has 1 heterocycles. The van der Waals surface area contributed by atoms with Crippen LogP contribution in [0.3, 0.4) is 0 Å². The van der Waals surface area contributed by atoms with Gasteiger partial charge < -0.3 is 21.3 Å². The molecule has 0 radical (unpaired) electrons. The molecule has 14 heavy (non-hydrogen) atoms. The maximum atomic E-state index is 13.5. The van der Waals surface area contributed by atoms with Gasteiger partial charge in [0.1, 0.15) is 12.3 Å². The fourth-order valence-corrected chi connectivity index (χ4v) is 1.78. The van der Waals surface area contributed by atoms with Crippen LogP contribution in [-0.4, -0.2) is 42.2 Å². The van der Waals surface area contributed by atoms with Gasteiger partial charge in [-0.3, -0.25) is 0 Å². The van der Waals surface area contributed by atoms with E-state index in [2.05, 4.69) is 0 Å². The smallest absolute Gasteiger partial charge is 0.146 e. The molecule has 0 amide bonds. The largest absolute Gasteiger partial charge is 0.387 e. The van der Waals surface area contributed by atoms with Crippen LogP contribution in [0.1, 0.15) is 13.8 Å². The SMILES string of the molecule is CC(C)[C@H]1O[C@H](CN)[C@@H](O)[C@H](F)[C@H]1N. The Balaban J connectivity index is 2.73. The van der Waals surface area contributed by atoms with Gasteiger partial charge in [0.15, 0.2) is 0 Å². The highest BCUT2D eigenvalue weighted by atomic mass is 19.1. The van der Waals surface area contributed by atoms with E-state index in [1.54, 1.807) is 0 Å². The zero-order valence-corrected chi connectivity index (χ0v) is 8.56. The molecule has 1 saturated heterocycles. The molecule has 84 valence electrons. The third kappa shape index (κ3) is 2.06. The van der Waals surface area contributed by atoms with Crippen molar-refractivity contribution in [1.29, 1.82) is 0 Å². The molecule has 5 N–H and O–H groups in total. The van der Waals surface area contributed by atoms with Gasteiger partial charge in [-0.15, -0.1) is 0 Å². The molecule has 0 aromatic rings. The van der Waals surface area contributed by atoms with E-state index >= 15 is 0 Å². The predicted molar refractivity (Wildman–Crippen MR) is 51.4 cm³/mol. The van der Waals surface area contributed by atoms with Crippen LogP contribution in [0.15, 0.2) is 0 Å². The van der Waals surface area contributed by atoms with Gasteiger partial charge in [0.2, 0.25) is 0 Å². The number of aliphatic hydroxyl groups is 1. The molecular weight excluding hydrogens is 187 g/mol. The van der Waals surface area contributed by atoms with Gasteiger partial charge in [0.25, 0.3) is 0 Å². The number of hydrogen-bond donors (Lipinski definition) is 3. The van der Waals surface area contributed by atoms with Crippen molar-refractivity contribution in [3.05, 3.63) is 0 Å². The van der Waals surface area contributed by atoms with Crippen molar-refractivity contribution in [2.75, 3.05) is 6.54 Å². The Labute approximate surface area is 83.4 Å². The van der Waals surface area contributed by atoms with E-state index in [1.807, 2.05) is 13.8 Å². The Bertz CT molecular complexity index is 190. The molecule has 1 aliphatic heterocycles. The second-order valence-corrected chi connectivity index (χ2v) is 4.13. The third-order valence-corrected chi connectivity index (χ3v) is 2.68. The van der Waals surface area contributed by atoms with Crippen molar-refractivity contribution >= 4 is 0 Å². The molecule has 0 aromatic carbocycles. The van der Waals surface area contributed by atoms with E-state index < -0.39 is 24.4 Å². The molecule has 0 spiro atoms. The maximum Gasteiger partial charge on any atom is 0.146 e. The van der Waals surface area contributed by atoms with Crippen LogP contribution in [0.5, 0.6) is 0 Å². The molecule has 1 rings (SSSR count). The number of nitrogens with two attached hydrogens (primary N) is 2. The second-order valence-electron chi connectivity index (χ2n) is 4.13. The molecule has 0 saturated carbocycles. The molecule has 1 aliphatic rings. The van der Waals surface area contributed by atoms with Gasteiger partial charge in [-0.05, 0) is 5.92 Å². The van der Waals surface area contributed by atoms with Crippen molar-refractivity contribution in [2.24, 2.45) is 17.4 Å². The summed E-state index contributed by atoms with van der Waals surface area (Å²) in [5.41, 5.74) is 11.0. The Morgan fingerprint density at radius 1 is 1.50 bits per heavy atom. The number of rotatable bonds is 2. The number of alkyl halides is 1. The van der Waals surface area contributed by atoms with Crippen molar-refractivity contribution < 1.29 is 14.2 Å². The molecule has 4 nitrogen and oxygen atoms in total. The molecular formula is C9H19FN2O2. The van der Waals surface area contributed by atoms with Crippen LogP contribution in [0.2, 0.25) is 0 Å². The molecule has 0 bridgehead atoms. The third-order valence-electron chi connectivity index (χ3n) is 2.68. The van der Waals surface area contributed by atoms with Crippen molar-refractivity contribution in [3.8, 4) is 0 Å². The average Bonchev–Trinajstić information content (AvgIpc) is 2.14. The summed E-state index contributed by atoms with van der Waals surface area (Å²) in [7, 11) is 0. The second kappa shape index (κ2) is 4.53. The summed E-state index contributed by atoms with van der Waals surface area (Å²) < 4.78 is 19.0. The van der Waals surface area contributed by atoms with Crippen molar-refractivity contribution in [3.63, 3.8) is 0 Å². The first-order valence-corrected chi connectivity index (χ1v) is 4.92. The molecule has 5 atom stereocenters. The summed E-state index contributed by atoms with van der Waals surface area (Å²) in [6.45, 7) is 3.92. The normalized spacial score (nSPS) is 44.4. The van der Waals surface area contributed by atoms with E-state index in [9.17, 15) is 9.50 Å². The number of aliphatic hydroxyl groups excluding tert-OH is 1. The van der Waals surface area contributed by atoms with Crippen molar-refractivity contribution in [2.45, 2.75) is 44.4 Å². The highest BCUT2D eigenvalue weighted by Crippen LogP contribution is 2.25. The lowest BCUT2D eigenvalue weighted by Crippen LogP contribution is -2.62. The summed E-state index contributed by atoms with van der Waals surface area (Å²) in [5.74, 6) is 0.116. The summed E-state index contributed by atoms with van der Waals surface area (Å²) in [6, 6.07) is -0.771. The minimum Gasteiger partial charge on any atom is -0.387 e. The topological polar surface area (TPSA) is 81.5 Å². The molecule has 5 heteroatoms. The predicted octanol–water partition coefficient (Wildman–Crippen LogP) is -0.605. The lowest BCUT2D eigenvalue weighted by molar-refractivity contribution is -0.167. The first-order chi connectivity index (χ1) is 6.49. The Hall–Kier alpha value is -0.230. The van der Waals surface area contributed by atoms with Crippen LogP contribution in [-0.2, 0) is 4.74 Å². The highest BCUT2D eigenvalue weighted by molar-refractivity contribution is 4.96. The standard InChI is InChI=1S/C9H19FN2O2/c1-4(2)9-7(12)6(10)8(13)5(3-11)14-9/h4-9,13H,3,11-12H2,1-2H3/t5-,6-,7-,8-,9-/m1/s1. The monoisotopic (exact) mass is 206 g/mol.